The first-order valence-electron chi connectivity index (χ1n) is 6.81. The fourth-order valence-electron chi connectivity index (χ4n) is 2.20. The van der Waals surface area contributed by atoms with Gasteiger partial charge in [-0.1, -0.05) is 0 Å². The van der Waals surface area contributed by atoms with Crippen molar-refractivity contribution in [3.05, 3.63) is 29.9 Å². The summed E-state index contributed by atoms with van der Waals surface area (Å²) in [6, 6.07) is 0. The van der Waals surface area contributed by atoms with Gasteiger partial charge in [-0.25, -0.2) is 9.97 Å². The zero-order chi connectivity index (χ0) is 13.2. The first-order chi connectivity index (χ1) is 9.28. The van der Waals surface area contributed by atoms with Crippen LogP contribution < -0.4 is 0 Å². The molecule has 19 heavy (non-hydrogen) atoms. The summed E-state index contributed by atoms with van der Waals surface area (Å²) < 4.78 is 7.64. The van der Waals surface area contributed by atoms with Crippen molar-refractivity contribution in [1.29, 1.82) is 0 Å². The summed E-state index contributed by atoms with van der Waals surface area (Å²) in [4.78, 5) is 8.90. The lowest BCUT2D eigenvalue weighted by atomic mass is 10.3. The van der Waals surface area contributed by atoms with Gasteiger partial charge in [0.1, 0.15) is 17.8 Å². The quantitative estimate of drug-likeness (QED) is 0.863. The van der Waals surface area contributed by atoms with Crippen molar-refractivity contribution in [1.82, 2.24) is 24.7 Å². The molecule has 1 aliphatic carbocycles. The van der Waals surface area contributed by atoms with Crippen LogP contribution in [-0.4, -0.2) is 31.3 Å². The van der Waals surface area contributed by atoms with Gasteiger partial charge in [0.05, 0.1) is 6.54 Å². The summed E-state index contributed by atoms with van der Waals surface area (Å²) in [5.74, 6) is 3.33. The molecule has 0 unspecified atom stereocenters. The topological polar surface area (TPSA) is 68.6 Å². The maximum Gasteiger partial charge on any atom is 0.153 e. The number of aromatic nitrogens is 5. The first kappa shape index (κ1) is 12.3. The fraction of sp³-hybridized carbons (Fsp3) is 0.615. The normalized spacial score (nSPS) is 16.7. The van der Waals surface area contributed by atoms with Crippen LogP contribution in [-0.2, 0) is 11.3 Å². The van der Waals surface area contributed by atoms with Gasteiger partial charge >= 0.3 is 0 Å². The van der Waals surface area contributed by atoms with E-state index in [1.54, 1.807) is 6.20 Å². The molecular weight excluding hydrogens is 242 g/mol. The third-order valence-corrected chi connectivity index (χ3v) is 3.34. The Hall–Kier alpha value is -1.69. The van der Waals surface area contributed by atoms with Crippen molar-refractivity contribution < 1.29 is 4.74 Å². The van der Waals surface area contributed by atoms with E-state index in [-0.39, 0.29) is 6.10 Å². The maximum atomic E-state index is 5.59. The lowest BCUT2D eigenvalue weighted by Gasteiger charge is -2.12. The molecular formula is C13H19N5O. The van der Waals surface area contributed by atoms with Crippen LogP contribution in [0.4, 0.5) is 0 Å². The van der Waals surface area contributed by atoms with Gasteiger partial charge in [-0.3, -0.25) is 5.10 Å². The Morgan fingerprint density at radius 2 is 2.37 bits per heavy atom. The third kappa shape index (κ3) is 2.68. The van der Waals surface area contributed by atoms with E-state index in [9.17, 15) is 0 Å². The molecule has 1 atom stereocenters. The average molecular weight is 261 g/mol. The lowest BCUT2D eigenvalue weighted by Crippen LogP contribution is -2.11. The van der Waals surface area contributed by atoms with Crippen LogP contribution in [0.2, 0.25) is 0 Å². The molecule has 0 bridgehead atoms. The molecule has 1 N–H and O–H groups in total. The Balaban J connectivity index is 1.73. The molecule has 6 heteroatoms. The number of nitrogens with one attached hydrogen (secondary N) is 1. The highest BCUT2D eigenvalue weighted by molar-refractivity contribution is 5.06. The Morgan fingerprint density at radius 1 is 1.53 bits per heavy atom. The second-order valence-corrected chi connectivity index (χ2v) is 4.93. The van der Waals surface area contributed by atoms with Crippen molar-refractivity contribution >= 4 is 0 Å². The SMILES string of the molecule is CCO[C@@H](C)c1nccn1Cc1nc(C2CC2)n[nH]1. The summed E-state index contributed by atoms with van der Waals surface area (Å²) in [5, 5.41) is 7.28. The summed E-state index contributed by atoms with van der Waals surface area (Å²) in [7, 11) is 0. The maximum absolute atomic E-state index is 5.59. The van der Waals surface area contributed by atoms with E-state index in [4.69, 9.17) is 4.74 Å². The van der Waals surface area contributed by atoms with E-state index in [0.29, 0.717) is 19.1 Å². The van der Waals surface area contributed by atoms with Gasteiger partial charge in [0.15, 0.2) is 5.82 Å². The molecule has 1 aliphatic rings. The number of hydrogen-bond acceptors (Lipinski definition) is 4. The molecule has 0 aliphatic heterocycles. The second kappa shape index (κ2) is 5.13. The van der Waals surface area contributed by atoms with Gasteiger partial charge in [0, 0.05) is 24.9 Å². The number of rotatable bonds is 6. The standard InChI is InChI=1S/C13H19N5O/c1-3-19-9(2)13-14-6-7-18(13)8-11-15-12(17-16-11)10-4-5-10/h6-7,9-10H,3-5,8H2,1-2H3,(H,15,16,17)/t9-/m0/s1. The predicted molar refractivity (Wildman–Crippen MR) is 69.7 cm³/mol. The van der Waals surface area contributed by atoms with Crippen molar-refractivity contribution in [3.63, 3.8) is 0 Å². The number of nitrogens with zero attached hydrogens (tertiary/aromatic N) is 4. The van der Waals surface area contributed by atoms with E-state index in [1.165, 1.54) is 12.8 Å². The Bertz CT molecular complexity index is 543. The van der Waals surface area contributed by atoms with Crippen molar-refractivity contribution in [2.45, 2.75) is 45.3 Å². The number of H-pyrrole nitrogens is 1. The molecule has 0 amide bonds. The van der Waals surface area contributed by atoms with Crippen LogP contribution in [0.25, 0.3) is 0 Å². The van der Waals surface area contributed by atoms with Crippen LogP contribution >= 0.6 is 0 Å². The minimum atomic E-state index is -0.00850. The van der Waals surface area contributed by atoms with E-state index in [0.717, 1.165) is 17.5 Å². The van der Waals surface area contributed by atoms with Crippen LogP contribution in [0.5, 0.6) is 0 Å². The van der Waals surface area contributed by atoms with Gasteiger partial charge in [-0.15, -0.1) is 0 Å². The third-order valence-electron chi connectivity index (χ3n) is 3.34. The smallest absolute Gasteiger partial charge is 0.153 e. The highest BCUT2D eigenvalue weighted by Crippen LogP contribution is 2.37. The zero-order valence-corrected chi connectivity index (χ0v) is 11.3. The largest absolute Gasteiger partial charge is 0.371 e. The predicted octanol–water partition coefficient (Wildman–Crippen LogP) is 2.02. The van der Waals surface area contributed by atoms with Crippen molar-refractivity contribution in [2.24, 2.45) is 0 Å². The number of ether oxygens (including phenoxy) is 1. The number of hydrogen-bond donors (Lipinski definition) is 1. The highest BCUT2D eigenvalue weighted by Gasteiger charge is 2.27. The minimum absolute atomic E-state index is 0.00850. The molecule has 3 rings (SSSR count). The fourth-order valence-corrected chi connectivity index (χ4v) is 2.20. The molecule has 6 nitrogen and oxygen atoms in total. The minimum Gasteiger partial charge on any atom is -0.371 e. The molecule has 0 aromatic carbocycles. The van der Waals surface area contributed by atoms with Gasteiger partial charge < -0.3 is 9.30 Å². The zero-order valence-electron chi connectivity index (χ0n) is 11.3. The van der Waals surface area contributed by atoms with Crippen LogP contribution in [0, 0.1) is 0 Å². The summed E-state index contributed by atoms with van der Waals surface area (Å²) in [6.07, 6.45) is 6.17. The molecule has 0 spiro atoms. The Kier molecular flexibility index (Phi) is 3.33. The highest BCUT2D eigenvalue weighted by atomic mass is 16.5. The second-order valence-electron chi connectivity index (χ2n) is 4.93. The molecule has 0 radical (unpaired) electrons. The van der Waals surface area contributed by atoms with E-state index >= 15 is 0 Å². The monoisotopic (exact) mass is 261 g/mol. The molecule has 2 heterocycles. The summed E-state index contributed by atoms with van der Waals surface area (Å²) >= 11 is 0. The molecule has 2 aromatic heterocycles. The Morgan fingerprint density at radius 3 is 3.11 bits per heavy atom. The molecule has 1 saturated carbocycles. The molecule has 1 fully saturated rings. The number of imidazole rings is 1. The number of aromatic amines is 1. The Labute approximate surface area is 112 Å². The van der Waals surface area contributed by atoms with Crippen molar-refractivity contribution in [2.75, 3.05) is 6.61 Å². The van der Waals surface area contributed by atoms with Crippen LogP contribution in [0.15, 0.2) is 12.4 Å². The molecule has 2 aromatic rings. The van der Waals surface area contributed by atoms with Crippen LogP contribution in [0.1, 0.15) is 56.2 Å². The van der Waals surface area contributed by atoms with E-state index in [1.807, 2.05) is 20.0 Å². The van der Waals surface area contributed by atoms with Crippen LogP contribution in [0.3, 0.4) is 0 Å². The molecule has 0 saturated heterocycles. The first-order valence-corrected chi connectivity index (χ1v) is 6.81. The van der Waals surface area contributed by atoms with E-state index in [2.05, 4.69) is 24.7 Å². The van der Waals surface area contributed by atoms with Gasteiger partial charge in [-0.05, 0) is 26.7 Å². The molecule has 102 valence electrons. The summed E-state index contributed by atoms with van der Waals surface area (Å²) in [6.45, 7) is 5.34. The van der Waals surface area contributed by atoms with Gasteiger partial charge in [0.2, 0.25) is 0 Å². The van der Waals surface area contributed by atoms with Crippen molar-refractivity contribution in [3.8, 4) is 0 Å². The van der Waals surface area contributed by atoms with E-state index < -0.39 is 0 Å². The van der Waals surface area contributed by atoms with Gasteiger partial charge in [-0.2, -0.15) is 5.10 Å². The summed E-state index contributed by atoms with van der Waals surface area (Å²) in [5.41, 5.74) is 0. The lowest BCUT2D eigenvalue weighted by molar-refractivity contribution is 0.0677. The van der Waals surface area contributed by atoms with Gasteiger partial charge in [0.25, 0.3) is 0 Å². The average Bonchev–Trinajstić information content (AvgIpc) is 2.97.